The lowest BCUT2D eigenvalue weighted by Crippen LogP contribution is -2.20. The van der Waals surface area contributed by atoms with E-state index < -0.39 is 10.7 Å². The molecule has 3 rings (SSSR count). The monoisotopic (exact) mass is 308 g/mol. The molecular formula is C14H16N2O6. The van der Waals surface area contributed by atoms with Crippen LogP contribution in [-0.2, 0) is 16.0 Å². The summed E-state index contributed by atoms with van der Waals surface area (Å²) in [6.07, 6.45) is 2.19. The van der Waals surface area contributed by atoms with Gasteiger partial charge in [0.2, 0.25) is 0 Å². The van der Waals surface area contributed by atoms with E-state index in [0.29, 0.717) is 25.3 Å². The average molecular weight is 308 g/mol. The summed E-state index contributed by atoms with van der Waals surface area (Å²) in [6, 6.07) is 4.11. The van der Waals surface area contributed by atoms with Crippen molar-refractivity contribution in [2.24, 2.45) is 0 Å². The maximum Gasteiger partial charge on any atom is 0.420 e. The molecule has 1 aliphatic heterocycles. The third-order valence-electron chi connectivity index (χ3n) is 3.65. The molecule has 1 aliphatic rings. The van der Waals surface area contributed by atoms with Gasteiger partial charge < -0.3 is 13.9 Å². The molecule has 0 bridgehead atoms. The minimum atomic E-state index is -0.545. The molecule has 118 valence electrons. The molecule has 1 fully saturated rings. The first-order chi connectivity index (χ1) is 10.6. The number of rotatable bonds is 6. The van der Waals surface area contributed by atoms with Crippen LogP contribution in [0.15, 0.2) is 27.4 Å². The van der Waals surface area contributed by atoms with Crippen LogP contribution in [0.25, 0.3) is 11.1 Å². The number of hydrogen-bond donors (Lipinski definition) is 0. The Morgan fingerprint density at radius 1 is 1.45 bits per heavy atom. The van der Waals surface area contributed by atoms with Gasteiger partial charge in [-0.3, -0.25) is 14.7 Å². The summed E-state index contributed by atoms with van der Waals surface area (Å²) in [5.41, 5.74) is 0.623. The molecule has 0 radical (unpaired) electrons. The number of nitrogens with zero attached hydrogens (tertiary/aromatic N) is 2. The van der Waals surface area contributed by atoms with Gasteiger partial charge in [0.1, 0.15) is 0 Å². The van der Waals surface area contributed by atoms with E-state index in [4.69, 9.17) is 13.9 Å². The highest BCUT2D eigenvalue weighted by molar-refractivity contribution is 5.75. The minimum Gasteiger partial charge on any atom is -0.407 e. The summed E-state index contributed by atoms with van der Waals surface area (Å²) in [6.45, 7) is 1.97. The van der Waals surface area contributed by atoms with Crippen LogP contribution < -0.4 is 5.76 Å². The molecule has 1 saturated heterocycles. The number of fused-ring (bicyclic) bond motifs is 1. The Kier molecular flexibility index (Phi) is 4.21. The lowest BCUT2D eigenvalue weighted by molar-refractivity contribution is -0.384. The van der Waals surface area contributed by atoms with Gasteiger partial charge in [-0.25, -0.2) is 4.79 Å². The predicted octanol–water partition coefficient (Wildman–Crippen LogP) is 1.70. The molecule has 0 saturated carbocycles. The van der Waals surface area contributed by atoms with E-state index in [-0.39, 0.29) is 17.4 Å². The highest BCUT2D eigenvalue weighted by Gasteiger charge is 2.16. The van der Waals surface area contributed by atoms with E-state index in [1.807, 2.05) is 0 Å². The molecule has 0 N–H and O–H groups in total. The number of hydrogen-bond acceptors (Lipinski definition) is 6. The Hall–Kier alpha value is -2.19. The number of oxazole rings is 1. The fourth-order valence-corrected chi connectivity index (χ4v) is 2.53. The Labute approximate surface area is 125 Å². The lowest BCUT2D eigenvalue weighted by Gasteiger charge is -2.10. The van der Waals surface area contributed by atoms with Gasteiger partial charge in [-0.1, -0.05) is 0 Å². The summed E-state index contributed by atoms with van der Waals surface area (Å²) >= 11 is 0. The van der Waals surface area contributed by atoms with E-state index in [0.717, 1.165) is 19.4 Å². The van der Waals surface area contributed by atoms with Gasteiger partial charge in [-0.15, -0.1) is 0 Å². The van der Waals surface area contributed by atoms with Gasteiger partial charge >= 0.3 is 5.76 Å². The maximum absolute atomic E-state index is 11.8. The molecule has 8 nitrogen and oxygen atoms in total. The van der Waals surface area contributed by atoms with Gasteiger partial charge in [-0.2, -0.15) is 0 Å². The van der Waals surface area contributed by atoms with E-state index >= 15 is 0 Å². The van der Waals surface area contributed by atoms with Crippen molar-refractivity contribution < 1.29 is 18.8 Å². The third kappa shape index (κ3) is 3.02. The van der Waals surface area contributed by atoms with Crippen LogP contribution in [0, 0.1) is 10.1 Å². The van der Waals surface area contributed by atoms with Crippen LogP contribution >= 0.6 is 0 Å². The van der Waals surface area contributed by atoms with Gasteiger partial charge in [0.05, 0.1) is 42.4 Å². The van der Waals surface area contributed by atoms with Crippen LogP contribution in [0.1, 0.15) is 12.8 Å². The SMILES string of the molecule is O=c1oc2cc([N+](=O)[O-])ccc2n1CCOC[C@H]1CCCO1. The summed E-state index contributed by atoms with van der Waals surface area (Å²) in [5, 5.41) is 10.7. The van der Waals surface area contributed by atoms with Crippen molar-refractivity contribution in [3.8, 4) is 0 Å². The number of nitro groups is 1. The van der Waals surface area contributed by atoms with E-state index in [1.165, 1.54) is 22.8 Å². The van der Waals surface area contributed by atoms with E-state index in [2.05, 4.69) is 0 Å². The topological polar surface area (TPSA) is 96.7 Å². The molecular weight excluding hydrogens is 292 g/mol. The van der Waals surface area contributed by atoms with Crippen LogP contribution in [0.4, 0.5) is 5.69 Å². The maximum atomic E-state index is 11.8. The molecule has 0 spiro atoms. The van der Waals surface area contributed by atoms with Crippen LogP contribution in [0.2, 0.25) is 0 Å². The molecule has 0 amide bonds. The van der Waals surface area contributed by atoms with E-state index in [1.54, 1.807) is 0 Å². The Morgan fingerprint density at radius 2 is 2.32 bits per heavy atom. The molecule has 1 atom stereocenters. The number of nitro benzene ring substituents is 1. The van der Waals surface area contributed by atoms with Crippen molar-refractivity contribution in [3.63, 3.8) is 0 Å². The second-order valence-electron chi connectivity index (χ2n) is 5.14. The molecule has 1 aromatic heterocycles. The van der Waals surface area contributed by atoms with Crippen LogP contribution in [0.3, 0.4) is 0 Å². The summed E-state index contributed by atoms with van der Waals surface area (Å²) < 4.78 is 17.4. The van der Waals surface area contributed by atoms with Crippen molar-refractivity contribution in [3.05, 3.63) is 38.9 Å². The largest absolute Gasteiger partial charge is 0.420 e. The zero-order valence-corrected chi connectivity index (χ0v) is 11.9. The smallest absolute Gasteiger partial charge is 0.407 e. The molecule has 0 aliphatic carbocycles. The summed E-state index contributed by atoms with van der Waals surface area (Å²) in [5.74, 6) is -0.545. The second-order valence-corrected chi connectivity index (χ2v) is 5.14. The highest BCUT2D eigenvalue weighted by atomic mass is 16.6. The second kappa shape index (κ2) is 6.29. The fourth-order valence-electron chi connectivity index (χ4n) is 2.53. The predicted molar refractivity (Wildman–Crippen MR) is 76.9 cm³/mol. The van der Waals surface area contributed by atoms with Gasteiger partial charge in [0, 0.05) is 12.7 Å². The van der Waals surface area contributed by atoms with Crippen molar-refractivity contribution in [2.75, 3.05) is 19.8 Å². The average Bonchev–Trinajstić information content (AvgIpc) is 3.10. The molecule has 2 aromatic rings. The molecule has 2 heterocycles. The number of non-ortho nitro benzene ring substituents is 1. The summed E-state index contributed by atoms with van der Waals surface area (Å²) in [4.78, 5) is 22.0. The quantitative estimate of drug-likeness (QED) is 0.458. The van der Waals surface area contributed by atoms with Gasteiger partial charge in [0.25, 0.3) is 5.69 Å². The van der Waals surface area contributed by atoms with Gasteiger partial charge in [0.15, 0.2) is 5.58 Å². The molecule has 1 aromatic carbocycles. The molecule has 8 heteroatoms. The van der Waals surface area contributed by atoms with Crippen LogP contribution in [-0.4, -0.2) is 35.4 Å². The molecule has 0 unspecified atom stereocenters. The van der Waals surface area contributed by atoms with Gasteiger partial charge in [-0.05, 0) is 18.9 Å². The van der Waals surface area contributed by atoms with Crippen LogP contribution in [0.5, 0.6) is 0 Å². The van der Waals surface area contributed by atoms with Crippen molar-refractivity contribution in [1.82, 2.24) is 4.57 Å². The zero-order valence-electron chi connectivity index (χ0n) is 11.9. The Bertz CT molecular complexity index is 728. The number of ether oxygens (including phenoxy) is 2. The number of benzene rings is 1. The first-order valence-electron chi connectivity index (χ1n) is 7.12. The van der Waals surface area contributed by atoms with Crippen molar-refractivity contribution in [2.45, 2.75) is 25.5 Å². The first kappa shape index (κ1) is 14.7. The standard InChI is InChI=1S/C14H16N2O6/c17-14-15(5-7-20-9-11-2-1-6-21-11)12-4-3-10(16(18)19)8-13(12)22-14/h3-4,8,11H,1-2,5-7,9H2/t11-/m1/s1. The van der Waals surface area contributed by atoms with E-state index in [9.17, 15) is 14.9 Å². The zero-order chi connectivity index (χ0) is 15.5. The Morgan fingerprint density at radius 3 is 3.05 bits per heavy atom. The highest BCUT2D eigenvalue weighted by Crippen LogP contribution is 2.20. The summed E-state index contributed by atoms with van der Waals surface area (Å²) in [7, 11) is 0. The third-order valence-corrected chi connectivity index (χ3v) is 3.65. The minimum absolute atomic E-state index is 0.108. The van der Waals surface area contributed by atoms with Crippen molar-refractivity contribution >= 4 is 16.8 Å². The fraction of sp³-hybridized carbons (Fsp3) is 0.500. The first-order valence-corrected chi connectivity index (χ1v) is 7.12. The van der Waals surface area contributed by atoms with Crippen molar-refractivity contribution in [1.29, 1.82) is 0 Å². The number of aromatic nitrogens is 1. The molecule has 22 heavy (non-hydrogen) atoms. The normalized spacial score (nSPS) is 18.1. The lowest BCUT2D eigenvalue weighted by atomic mass is 10.2. The Balaban J connectivity index is 1.66.